The van der Waals surface area contributed by atoms with Gasteiger partial charge in [-0.05, 0) is 31.5 Å². The molecule has 0 unspecified atom stereocenters. The van der Waals surface area contributed by atoms with E-state index in [2.05, 4.69) is 62.8 Å². The van der Waals surface area contributed by atoms with Crippen molar-refractivity contribution in [3.05, 3.63) is 71.9 Å². The van der Waals surface area contributed by atoms with E-state index >= 15 is 0 Å². The average molecular weight is 360 g/mol. The molecule has 0 radical (unpaired) electrons. The predicted molar refractivity (Wildman–Crippen MR) is 104 cm³/mol. The zero-order valence-electron chi connectivity index (χ0n) is 15.6. The van der Waals surface area contributed by atoms with Crippen LogP contribution in [0.25, 0.3) is 11.3 Å². The maximum atomic E-state index is 6.35. The Morgan fingerprint density at radius 2 is 2.07 bits per heavy atom. The van der Waals surface area contributed by atoms with Crippen LogP contribution in [0.4, 0.5) is 0 Å². The molecule has 5 nitrogen and oxygen atoms in total. The number of aryl methyl sites for hydroxylation is 1. The lowest BCUT2D eigenvalue weighted by Crippen LogP contribution is -2.44. The number of likely N-dealkylation sites (tertiary alicyclic amines) is 1. The van der Waals surface area contributed by atoms with Gasteiger partial charge in [-0.2, -0.15) is 0 Å². The van der Waals surface area contributed by atoms with E-state index in [4.69, 9.17) is 4.74 Å². The van der Waals surface area contributed by atoms with Crippen molar-refractivity contribution < 1.29 is 4.74 Å². The molecule has 2 aliphatic heterocycles. The highest BCUT2D eigenvalue weighted by molar-refractivity contribution is 5.60. The van der Waals surface area contributed by atoms with Gasteiger partial charge >= 0.3 is 0 Å². The Hall–Kier alpha value is -2.50. The monoisotopic (exact) mass is 360 g/mol. The number of hydrogen-bond donors (Lipinski definition) is 0. The summed E-state index contributed by atoms with van der Waals surface area (Å²) in [4.78, 5) is 11.5. The molecule has 0 saturated carbocycles. The Bertz CT molecular complexity index is 952. The summed E-state index contributed by atoms with van der Waals surface area (Å²) in [7, 11) is 0. The van der Waals surface area contributed by atoms with Crippen molar-refractivity contribution in [3.63, 3.8) is 0 Å². The Kier molecular flexibility index (Phi) is 4.06. The molecule has 5 heteroatoms. The van der Waals surface area contributed by atoms with Crippen molar-refractivity contribution in [1.82, 2.24) is 19.4 Å². The highest BCUT2D eigenvalue weighted by atomic mass is 16.5. The van der Waals surface area contributed by atoms with Crippen molar-refractivity contribution in [2.45, 2.75) is 38.6 Å². The van der Waals surface area contributed by atoms with Gasteiger partial charge in [0.2, 0.25) is 0 Å². The van der Waals surface area contributed by atoms with Crippen LogP contribution in [0.15, 0.2) is 54.9 Å². The zero-order valence-corrected chi connectivity index (χ0v) is 15.6. The third kappa shape index (κ3) is 3.17. The number of aromatic nitrogens is 3. The number of rotatable bonds is 3. The van der Waals surface area contributed by atoms with E-state index in [1.165, 1.54) is 16.8 Å². The van der Waals surface area contributed by atoms with E-state index in [1.807, 2.05) is 18.5 Å². The van der Waals surface area contributed by atoms with Gasteiger partial charge in [-0.1, -0.05) is 29.8 Å². The van der Waals surface area contributed by atoms with Crippen LogP contribution in [0.5, 0.6) is 0 Å². The summed E-state index contributed by atoms with van der Waals surface area (Å²) in [5.74, 6) is 1.03. The lowest BCUT2D eigenvalue weighted by Gasteiger charge is -2.35. The first-order chi connectivity index (χ1) is 13.2. The number of fused-ring (bicyclic) bond motifs is 1. The largest absolute Gasteiger partial charge is 0.364 e. The van der Waals surface area contributed by atoms with Gasteiger partial charge in [-0.25, -0.2) is 4.98 Å². The zero-order chi connectivity index (χ0) is 18.3. The molecule has 2 aromatic heterocycles. The molecule has 1 fully saturated rings. The fourth-order valence-corrected chi connectivity index (χ4v) is 4.32. The second-order valence-electron chi connectivity index (χ2n) is 7.77. The van der Waals surface area contributed by atoms with Crippen molar-refractivity contribution in [2.24, 2.45) is 0 Å². The van der Waals surface area contributed by atoms with E-state index in [9.17, 15) is 0 Å². The summed E-state index contributed by atoms with van der Waals surface area (Å²) < 4.78 is 8.71. The number of imidazole rings is 1. The Balaban J connectivity index is 1.37. The quantitative estimate of drug-likeness (QED) is 0.718. The van der Waals surface area contributed by atoms with Gasteiger partial charge < -0.3 is 9.30 Å². The second kappa shape index (κ2) is 6.59. The first kappa shape index (κ1) is 16.7. The van der Waals surface area contributed by atoms with Crippen molar-refractivity contribution in [2.75, 3.05) is 13.1 Å². The molecule has 2 aliphatic rings. The SMILES string of the molecule is Cc1cccc(-c2cnc3n2C[C@]2(CCN(Cc4ccccn4)C2)OC3)c1. The lowest BCUT2D eigenvalue weighted by atomic mass is 10.0. The van der Waals surface area contributed by atoms with Crippen molar-refractivity contribution >= 4 is 0 Å². The minimum absolute atomic E-state index is 0.124. The van der Waals surface area contributed by atoms with Crippen LogP contribution in [-0.2, 0) is 24.4 Å². The van der Waals surface area contributed by atoms with E-state index < -0.39 is 0 Å². The summed E-state index contributed by atoms with van der Waals surface area (Å²) in [5, 5.41) is 0. The summed E-state index contributed by atoms with van der Waals surface area (Å²) in [5.41, 5.74) is 4.69. The maximum absolute atomic E-state index is 6.35. The summed E-state index contributed by atoms with van der Waals surface area (Å²) in [6.07, 6.45) is 4.90. The number of pyridine rings is 1. The lowest BCUT2D eigenvalue weighted by molar-refractivity contribution is -0.0821. The molecule has 1 aromatic carbocycles. The average Bonchev–Trinajstić information content (AvgIpc) is 3.27. The minimum Gasteiger partial charge on any atom is -0.364 e. The molecule has 1 atom stereocenters. The molecule has 5 rings (SSSR count). The molecule has 138 valence electrons. The van der Waals surface area contributed by atoms with Gasteiger partial charge in [0.25, 0.3) is 0 Å². The van der Waals surface area contributed by atoms with Gasteiger partial charge in [0.1, 0.15) is 18.0 Å². The van der Waals surface area contributed by atoms with E-state index in [0.717, 1.165) is 44.1 Å². The maximum Gasteiger partial charge on any atom is 0.135 e. The van der Waals surface area contributed by atoms with Gasteiger partial charge in [0, 0.05) is 31.4 Å². The van der Waals surface area contributed by atoms with Crippen LogP contribution in [-0.4, -0.2) is 38.1 Å². The number of hydrogen-bond acceptors (Lipinski definition) is 4. The van der Waals surface area contributed by atoms with Gasteiger partial charge in [-0.15, -0.1) is 0 Å². The van der Waals surface area contributed by atoms with Gasteiger partial charge in [0.05, 0.1) is 24.1 Å². The Labute approximate surface area is 159 Å². The highest BCUT2D eigenvalue weighted by Crippen LogP contribution is 2.35. The molecule has 1 spiro atoms. The topological polar surface area (TPSA) is 43.2 Å². The van der Waals surface area contributed by atoms with Crippen molar-refractivity contribution in [3.8, 4) is 11.3 Å². The normalized spacial score (nSPS) is 22.3. The third-order valence-corrected chi connectivity index (χ3v) is 5.71. The van der Waals surface area contributed by atoms with Gasteiger partial charge in [-0.3, -0.25) is 9.88 Å². The minimum atomic E-state index is -0.124. The van der Waals surface area contributed by atoms with Crippen LogP contribution in [0.2, 0.25) is 0 Å². The van der Waals surface area contributed by atoms with Gasteiger partial charge in [0.15, 0.2) is 0 Å². The smallest absolute Gasteiger partial charge is 0.135 e. The van der Waals surface area contributed by atoms with Crippen LogP contribution < -0.4 is 0 Å². The van der Waals surface area contributed by atoms with E-state index in [1.54, 1.807) is 0 Å². The van der Waals surface area contributed by atoms with Crippen LogP contribution in [0.1, 0.15) is 23.5 Å². The molecule has 1 saturated heterocycles. The molecule has 3 aromatic rings. The molecule has 0 N–H and O–H groups in total. The molecular formula is C22H24N4O. The number of benzene rings is 1. The Morgan fingerprint density at radius 1 is 1.11 bits per heavy atom. The highest BCUT2D eigenvalue weighted by Gasteiger charge is 2.43. The summed E-state index contributed by atoms with van der Waals surface area (Å²) in [6.45, 7) is 6.45. The molecule has 4 heterocycles. The number of ether oxygens (including phenoxy) is 1. The summed E-state index contributed by atoms with van der Waals surface area (Å²) >= 11 is 0. The fraction of sp³-hybridized carbons (Fsp3) is 0.364. The predicted octanol–water partition coefficient (Wildman–Crippen LogP) is 3.43. The molecular weight excluding hydrogens is 336 g/mol. The molecule has 0 bridgehead atoms. The third-order valence-electron chi connectivity index (χ3n) is 5.71. The number of nitrogens with zero attached hydrogens (tertiary/aromatic N) is 4. The van der Waals surface area contributed by atoms with E-state index in [0.29, 0.717) is 6.61 Å². The van der Waals surface area contributed by atoms with Crippen molar-refractivity contribution in [1.29, 1.82) is 0 Å². The Morgan fingerprint density at radius 3 is 2.93 bits per heavy atom. The van der Waals surface area contributed by atoms with E-state index in [-0.39, 0.29) is 5.60 Å². The second-order valence-corrected chi connectivity index (χ2v) is 7.77. The summed E-state index contributed by atoms with van der Waals surface area (Å²) in [6, 6.07) is 14.8. The fourth-order valence-electron chi connectivity index (χ4n) is 4.32. The first-order valence-corrected chi connectivity index (χ1v) is 9.59. The molecule has 0 aliphatic carbocycles. The van der Waals surface area contributed by atoms with Crippen LogP contribution in [0, 0.1) is 6.92 Å². The first-order valence-electron chi connectivity index (χ1n) is 9.59. The van der Waals surface area contributed by atoms with Crippen LogP contribution >= 0.6 is 0 Å². The standard InChI is InChI=1S/C22H24N4O/c1-17-5-4-6-18(11-17)20-12-24-21-14-27-22(16-26(20)21)8-10-25(15-22)13-19-7-2-3-9-23-19/h2-7,9,11-12H,8,10,13-16H2,1H3/t22-/m1/s1. The molecule has 27 heavy (non-hydrogen) atoms. The molecule has 0 amide bonds. The van der Waals surface area contributed by atoms with Crippen LogP contribution in [0.3, 0.4) is 0 Å².